The summed E-state index contributed by atoms with van der Waals surface area (Å²) < 4.78 is 5.41. The Hall–Kier alpha value is -0.870. The highest BCUT2D eigenvalue weighted by molar-refractivity contribution is 5.85. The van der Waals surface area contributed by atoms with Crippen molar-refractivity contribution in [1.82, 2.24) is 4.90 Å². The van der Waals surface area contributed by atoms with E-state index in [0.717, 1.165) is 26.2 Å². The monoisotopic (exact) mass is 213 g/mol. The molecule has 1 aliphatic rings. The first-order valence-corrected chi connectivity index (χ1v) is 5.33. The van der Waals surface area contributed by atoms with E-state index in [4.69, 9.17) is 9.84 Å². The molecule has 1 unspecified atom stereocenters. The van der Waals surface area contributed by atoms with Crippen molar-refractivity contribution in [3.05, 3.63) is 11.6 Å². The van der Waals surface area contributed by atoms with Gasteiger partial charge in [-0.15, -0.1) is 0 Å². The second-order valence-electron chi connectivity index (χ2n) is 3.96. The number of carbonyl (C=O) groups is 1. The normalized spacial score (nSPS) is 24.9. The van der Waals surface area contributed by atoms with Gasteiger partial charge in [0.2, 0.25) is 0 Å². The Balaban J connectivity index is 2.48. The van der Waals surface area contributed by atoms with Crippen LogP contribution in [0.3, 0.4) is 0 Å². The van der Waals surface area contributed by atoms with Crippen LogP contribution in [0.4, 0.5) is 0 Å². The van der Waals surface area contributed by atoms with Crippen LogP contribution in [0.2, 0.25) is 0 Å². The van der Waals surface area contributed by atoms with Crippen LogP contribution in [0.5, 0.6) is 0 Å². The predicted octanol–water partition coefficient (Wildman–Crippen LogP) is 1.13. The molecule has 0 spiro atoms. The lowest BCUT2D eigenvalue weighted by Crippen LogP contribution is -2.35. The quantitative estimate of drug-likeness (QED) is 0.714. The van der Waals surface area contributed by atoms with Crippen LogP contribution < -0.4 is 0 Å². The third-order valence-electron chi connectivity index (χ3n) is 2.69. The van der Waals surface area contributed by atoms with E-state index in [1.807, 2.05) is 0 Å². The van der Waals surface area contributed by atoms with Gasteiger partial charge in [-0.3, -0.25) is 4.90 Å². The average Bonchev–Trinajstić information content (AvgIpc) is 2.39. The molecule has 0 aromatic rings. The first kappa shape index (κ1) is 12.2. The topological polar surface area (TPSA) is 49.8 Å². The summed E-state index contributed by atoms with van der Waals surface area (Å²) in [4.78, 5) is 12.9. The van der Waals surface area contributed by atoms with E-state index >= 15 is 0 Å². The largest absolute Gasteiger partial charge is 0.478 e. The van der Waals surface area contributed by atoms with Crippen molar-refractivity contribution in [2.24, 2.45) is 0 Å². The molecule has 0 radical (unpaired) electrons. The third-order valence-corrected chi connectivity index (χ3v) is 2.69. The highest BCUT2D eigenvalue weighted by atomic mass is 16.5. The van der Waals surface area contributed by atoms with Gasteiger partial charge in [0.1, 0.15) is 0 Å². The molecule has 1 N–H and O–H groups in total. The Morgan fingerprint density at radius 2 is 2.40 bits per heavy atom. The molecule has 4 heteroatoms. The molecular formula is C11H19NO3. The van der Waals surface area contributed by atoms with Crippen molar-refractivity contribution < 1.29 is 14.6 Å². The van der Waals surface area contributed by atoms with Gasteiger partial charge in [-0.1, -0.05) is 6.08 Å². The Labute approximate surface area is 90.5 Å². The maximum Gasteiger partial charge on any atom is 0.330 e. The summed E-state index contributed by atoms with van der Waals surface area (Å²) in [5.41, 5.74) is 0.410. The summed E-state index contributed by atoms with van der Waals surface area (Å²) in [6.45, 7) is 6.95. The van der Waals surface area contributed by atoms with Gasteiger partial charge in [0.15, 0.2) is 0 Å². The second kappa shape index (κ2) is 5.88. The minimum Gasteiger partial charge on any atom is -0.478 e. The maximum absolute atomic E-state index is 10.6. The average molecular weight is 213 g/mol. The fraction of sp³-hybridized carbons (Fsp3) is 0.727. The van der Waals surface area contributed by atoms with Crippen LogP contribution in [0.15, 0.2) is 11.6 Å². The van der Waals surface area contributed by atoms with E-state index in [1.54, 1.807) is 13.0 Å². The SMILES string of the molecule is C/C(=C/CN1CCCOCC1C)C(=O)O. The highest BCUT2D eigenvalue weighted by Gasteiger charge is 2.16. The molecule has 0 aromatic carbocycles. The summed E-state index contributed by atoms with van der Waals surface area (Å²) in [5.74, 6) is -0.839. The minimum absolute atomic E-state index is 0.366. The molecule has 0 bridgehead atoms. The van der Waals surface area contributed by atoms with E-state index in [2.05, 4.69) is 11.8 Å². The van der Waals surface area contributed by atoms with Gasteiger partial charge in [-0.25, -0.2) is 4.79 Å². The van der Waals surface area contributed by atoms with Crippen LogP contribution in [0.25, 0.3) is 0 Å². The van der Waals surface area contributed by atoms with Crippen molar-refractivity contribution in [3.8, 4) is 0 Å². The number of nitrogens with zero attached hydrogens (tertiary/aromatic N) is 1. The number of aliphatic carboxylic acids is 1. The summed E-state index contributed by atoms with van der Waals surface area (Å²) >= 11 is 0. The summed E-state index contributed by atoms with van der Waals surface area (Å²) in [6.07, 6.45) is 2.79. The van der Waals surface area contributed by atoms with Gasteiger partial charge in [-0.05, 0) is 20.3 Å². The van der Waals surface area contributed by atoms with Crippen molar-refractivity contribution in [2.75, 3.05) is 26.3 Å². The number of hydrogen-bond acceptors (Lipinski definition) is 3. The molecule has 15 heavy (non-hydrogen) atoms. The van der Waals surface area contributed by atoms with Gasteiger partial charge in [-0.2, -0.15) is 0 Å². The summed E-state index contributed by atoms with van der Waals surface area (Å²) in [5, 5.41) is 8.72. The van der Waals surface area contributed by atoms with Crippen molar-refractivity contribution in [2.45, 2.75) is 26.3 Å². The maximum atomic E-state index is 10.6. The zero-order valence-corrected chi connectivity index (χ0v) is 9.40. The number of carboxylic acid groups (broad SMARTS) is 1. The second-order valence-corrected chi connectivity index (χ2v) is 3.96. The molecule has 1 heterocycles. The molecule has 86 valence electrons. The van der Waals surface area contributed by atoms with E-state index in [1.165, 1.54) is 0 Å². The highest BCUT2D eigenvalue weighted by Crippen LogP contribution is 2.07. The lowest BCUT2D eigenvalue weighted by molar-refractivity contribution is -0.132. The number of ether oxygens (including phenoxy) is 1. The Bertz CT molecular complexity index is 250. The Morgan fingerprint density at radius 1 is 1.67 bits per heavy atom. The van der Waals surface area contributed by atoms with Crippen LogP contribution in [0, 0.1) is 0 Å². The number of hydrogen-bond donors (Lipinski definition) is 1. The molecule has 1 aliphatic heterocycles. The summed E-state index contributed by atoms with van der Waals surface area (Å²) in [7, 11) is 0. The molecule has 1 rings (SSSR count). The molecule has 1 saturated heterocycles. The minimum atomic E-state index is -0.839. The van der Waals surface area contributed by atoms with E-state index in [9.17, 15) is 4.79 Å². The predicted molar refractivity (Wildman–Crippen MR) is 57.9 cm³/mol. The molecule has 0 amide bonds. The first-order chi connectivity index (χ1) is 7.11. The standard InChI is InChI=1S/C11H19NO3/c1-9(11(13)14)4-6-12-5-3-7-15-8-10(12)2/h4,10H,3,5-8H2,1-2H3,(H,13,14)/b9-4-. The van der Waals surface area contributed by atoms with Crippen molar-refractivity contribution in [3.63, 3.8) is 0 Å². The number of rotatable bonds is 3. The summed E-state index contributed by atoms with van der Waals surface area (Å²) in [6, 6.07) is 0.366. The van der Waals surface area contributed by atoms with Crippen LogP contribution in [-0.2, 0) is 9.53 Å². The van der Waals surface area contributed by atoms with Crippen LogP contribution >= 0.6 is 0 Å². The van der Waals surface area contributed by atoms with Gasteiger partial charge < -0.3 is 9.84 Å². The van der Waals surface area contributed by atoms with Crippen LogP contribution in [0.1, 0.15) is 20.3 Å². The Morgan fingerprint density at radius 3 is 3.07 bits per heavy atom. The van der Waals surface area contributed by atoms with E-state index in [0.29, 0.717) is 18.2 Å². The van der Waals surface area contributed by atoms with Gasteiger partial charge in [0.25, 0.3) is 0 Å². The third kappa shape index (κ3) is 4.01. The molecule has 1 atom stereocenters. The fourth-order valence-electron chi connectivity index (χ4n) is 1.56. The zero-order valence-electron chi connectivity index (χ0n) is 9.40. The Kier molecular flexibility index (Phi) is 4.78. The molecule has 0 aliphatic carbocycles. The fourth-order valence-corrected chi connectivity index (χ4v) is 1.56. The van der Waals surface area contributed by atoms with Crippen LogP contribution in [-0.4, -0.2) is 48.3 Å². The van der Waals surface area contributed by atoms with Gasteiger partial charge in [0, 0.05) is 31.3 Å². The molecule has 4 nitrogen and oxygen atoms in total. The molecular weight excluding hydrogens is 194 g/mol. The zero-order chi connectivity index (χ0) is 11.3. The molecule has 1 fully saturated rings. The van der Waals surface area contributed by atoms with Gasteiger partial charge >= 0.3 is 5.97 Å². The van der Waals surface area contributed by atoms with E-state index < -0.39 is 5.97 Å². The lowest BCUT2D eigenvalue weighted by Gasteiger charge is -2.24. The van der Waals surface area contributed by atoms with Crippen molar-refractivity contribution >= 4 is 5.97 Å². The van der Waals surface area contributed by atoms with Gasteiger partial charge in [0.05, 0.1) is 6.61 Å². The first-order valence-electron chi connectivity index (χ1n) is 5.33. The smallest absolute Gasteiger partial charge is 0.330 e. The number of carboxylic acids is 1. The lowest BCUT2D eigenvalue weighted by atomic mass is 10.2. The van der Waals surface area contributed by atoms with Crippen molar-refractivity contribution in [1.29, 1.82) is 0 Å². The molecule has 0 saturated carbocycles. The van der Waals surface area contributed by atoms with E-state index in [-0.39, 0.29) is 0 Å². The molecule has 0 aromatic heterocycles.